The van der Waals surface area contributed by atoms with E-state index in [-0.39, 0.29) is 11.8 Å². The van der Waals surface area contributed by atoms with E-state index < -0.39 is 10.0 Å². The van der Waals surface area contributed by atoms with Crippen molar-refractivity contribution >= 4 is 21.6 Å². The molecule has 5 nitrogen and oxygen atoms in total. The third kappa shape index (κ3) is 4.09. The van der Waals surface area contributed by atoms with Gasteiger partial charge in [0.2, 0.25) is 15.9 Å². The third-order valence-electron chi connectivity index (χ3n) is 6.31. The summed E-state index contributed by atoms with van der Waals surface area (Å²) >= 11 is 0. The second-order valence-corrected chi connectivity index (χ2v) is 10.2. The van der Waals surface area contributed by atoms with Gasteiger partial charge < -0.3 is 5.32 Å². The van der Waals surface area contributed by atoms with Crippen LogP contribution in [0.1, 0.15) is 41.5 Å². The fourth-order valence-electron chi connectivity index (χ4n) is 4.28. The quantitative estimate of drug-likeness (QED) is 0.830. The predicted octanol–water partition coefficient (Wildman–Crippen LogP) is 3.83. The minimum Gasteiger partial charge on any atom is -0.326 e. The highest BCUT2D eigenvalue weighted by molar-refractivity contribution is 7.89. The summed E-state index contributed by atoms with van der Waals surface area (Å²) in [7, 11) is -3.50. The second kappa shape index (κ2) is 7.92. The number of hydrogen-bond donors (Lipinski definition) is 1. The first-order valence-corrected chi connectivity index (χ1v) is 11.8. The molecule has 0 radical (unpaired) electrons. The SMILES string of the molecule is Cc1ccc(NC(=O)C2CCN(S(=O)(=O)c3ccc4c(c3)CCC4)CC2)cc1C. The smallest absolute Gasteiger partial charge is 0.243 e. The number of hydrogen-bond acceptors (Lipinski definition) is 3. The molecular formula is C23H28N2O3S. The lowest BCUT2D eigenvalue weighted by Crippen LogP contribution is -2.41. The molecule has 1 N–H and O–H groups in total. The van der Waals surface area contributed by atoms with Crippen LogP contribution in [0.5, 0.6) is 0 Å². The minimum atomic E-state index is -3.50. The highest BCUT2D eigenvalue weighted by Gasteiger charge is 2.32. The number of amides is 1. The Bertz CT molecular complexity index is 1040. The van der Waals surface area contributed by atoms with E-state index in [1.54, 1.807) is 6.07 Å². The molecule has 154 valence electrons. The summed E-state index contributed by atoms with van der Waals surface area (Å²) in [5.74, 6) is -0.189. The zero-order chi connectivity index (χ0) is 20.6. The summed E-state index contributed by atoms with van der Waals surface area (Å²) in [6.45, 7) is 4.82. The highest BCUT2D eigenvalue weighted by Crippen LogP contribution is 2.29. The summed E-state index contributed by atoms with van der Waals surface area (Å²) < 4.78 is 27.6. The molecule has 0 spiro atoms. The van der Waals surface area contributed by atoms with E-state index in [1.807, 2.05) is 44.2 Å². The first kappa shape index (κ1) is 20.1. The number of carbonyl (C=O) groups excluding carboxylic acids is 1. The van der Waals surface area contributed by atoms with Gasteiger partial charge in [-0.3, -0.25) is 4.79 Å². The van der Waals surface area contributed by atoms with Gasteiger partial charge in [0.15, 0.2) is 0 Å². The van der Waals surface area contributed by atoms with Crippen molar-refractivity contribution < 1.29 is 13.2 Å². The molecule has 0 aromatic heterocycles. The number of sulfonamides is 1. The van der Waals surface area contributed by atoms with E-state index in [0.29, 0.717) is 30.8 Å². The average molecular weight is 413 g/mol. The predicted molar refractivity (Wildman–Crippen MR) is 114 cm³/mol. The van der Waals surface area contributed by atoms with Crippen LogP contribution >= 0.6 is 0 Å². The molecule has 4 rings (SSSR count). The number of aryl methyl sites for hydroxylation is 4. The number of fused-ring (bicyclic) bond motifs is 1. The largest absolute Gasteiger partial charge is 0.326 e. The van der Waals surface area contributed by atoms with Crippen LogP contribution in [0, 0.1) is 19.8 Å². The molecule has 1 aliphatic heterocycles. The van der Waals surface area contributed by atoms with Crippen LogP contribution in [0.4, 0.5) is 5.69 Å². The standard InChI is InChI=1S/C23H28N2O3S/c1-16-6-8-21(14-17(16)2)24-23(26)19-10-12-25(13-11-19)29(27,28)22-9-7-18-4-3-5-20(18)15-22/h6-9,14-15,19H,3-5,10-13H2,1-2H3,(H,24,26). The molecule has 0 saturated carbocycles. The lowest BCUT2D eigenvalue weighted by atomic mass is 9.97. The number of rotatable bonds is 4. The Morgan fingerprint density at radius 2 is 1.69 bits per heavy atom. The van der Waals surface area contributed by atoms with Gasteiger partial charge >= 0.3 is 0 Å². The number of anilines is 1. The molecule has 1 heterocycles. The molecule has 0 bridgehead atoms. The van der Waals surface area contributed by atoms with Crippen molar-refractivity contribution in [2.24, 2.45) is 5.92 Å². The van der Waals surface area contributed by atoms with Gasteiger partial charge in [-0.1, -0.05) is 12.1 Å². The molecule has 2 aromatic rings. The van der Waals surface area contributed by atoms with Gasteiger partial charge in [-0.25, -0.2) is 8.42 Å². The molecular weight excluding hydrogens is 384 g/mol. The maximum Gasteiger partial charge on any atom is 0.243 e. The number of nitrogens with one attached hydrogen (secondary N) is 1. The van der Waals surface area contributed by atoms with E-state index in [0.717, 1.165) is 36.1 Å². The summed E-state index contributed by atoms with van der Waals surface area (Å²) in [5.41, 5.74) is 5.55. The lowest BCUT2D eigenvalue weighted by Gasteiger charge is -2.30. The molecule has 6 heteroatoms. The van der Waals surface area contributed by atoms with Crippen LogP contribution in [-0.2, 0) is 27.7 Å². The molecule has 2 aliphatic rings. The van der Waals surface area contributed by atoms with Gasteiger partial charge in [0.25, 0.3) is 0 Å². The Morgan fingerprint density at radius 3 is 2.41 bits per heavy atom. The molecule has 2 aromatic carbocycles. The third-order valence-corrected chi connectivity index (χ3v) is 8.20. The Morgan fingerprint density at radius 1 is 0.966 bits per heavy atom. The maximum absolute atomic E-state index is 13.0. The fraction of sp³-hybridized carbons (Fsp3) is 0.435. The van der Waals surface area contributed by atoms with Crippen molar-refractivity contribution in [3.8, 4) is 0 Å². The van der Waals surface area contributed by atoms with Crippen molar-refractivity contribution in [3.63, 3.8) is 0 Å². The van der Waals surface area contributed by atoms with E-state index in [2.05, 4.69) is 5.32 Å². The minimum absolute atomic E-state index is 0.0252. The van der Waals surface area contributed by atoms with Crippen molar-refractivity contribution in [2.75, 3.05) is 18.4 Å². The normalized spacial score (nSPS) is 17.9. The topological polar surface area (TPSA) is 66.5 Å². The van der Waals surface area contributed by atoms with Crippen LogP contribution in [0.3, 0.4) is 0 Å². The summed E-state index contributed by atoms with van der Waals surface area (Å²) in [4.78, 5) is 13.0. The Kier molecular flexibility index (Phi) is 5.49. The molecule has 1 saturated heterocycles. The van der Waals surface area contributed by atoms with Crippen molar-refractivity contribution in [1.82, 2.24) is 4.31 Å². The molecule has 0 unspecified atom stereocenters. The van der Waals surface area contributed by atoms with Crippen LogP contribution in [0.15, 0.2) is 41.3 Å². The molecule has 1 aliphatic carbocycles. The fourth-order valence-corrected chi connectivity index (χ4v) is 5.80. The van der Waals surface area contributed by atoms with E-state index >= 15 is 0 Å². The van der Waals surface area contributed by atoms with Crippen molar-refractivity contribution in [3.05, 3.63) is 58.7 Å². The van der Waals surface area contributed by atoms with Gasteiger partial charge in [-0.05, 0) is 92.5 Å². The van der Waals surface area contributed by atoms with Gasteiger partial charge in [-0.2, -0.15) is 4.31 Å². The average Bonchev–Trinajstić information content (AvgIpc) is 3.19. The first-order chi connectivity index (χ1) is 13.8. The number of carbonyl (C=O) groups is 1. The van der Waals surface area contributed by atoms with Gasteiger partial charge in [0.05, 0.1) is 4.90 Å². The molecule has 0 atom stereocenters. The molecule has 29 heavy (non-hydrogen) atoms. The zero-order valence-corrected chi connectivity index (χ0v) is 17.9. The highest BCUT2D eigenvalue weighted by atomic mass is 32.2. The van der Waals surface area contributed by atoms with Crippen LogP contribution < -0.4 is 5.32 Å². The Hall–Kier alpha value is -2.18. The van der Waals surface area contributed by atoms with E-state index in [9.17, 15) is 13.2 Å². The summed E-state index contributed by atoms with van der Waals surface area (Å²) in [5, 5.41) is 2.99. The van der Waals surface area contributed by atoms with Crippen LogP contribution in [-0.4, -0.2) is 31.7 Å². The zero-order valence-electron chi connectivity index (χ0n) is 17.1. The lowest BCUT2D eigenvalue weighted by molar-refractivity contribution is -0.120. The summed E-state index contributed by atoms with van der Waals surface area (Å²) in [6, 6.07) is 11.4. The molecule has 1 fully saturated rings. The van der Waals surface area contributed by atoms with Gasteiger partial charge in [0.1, 0.15) is 0 Å². The van der Waals surface area contributed by atoms with Crippen LogP contribution in [0.25, 0.3) is 0 Å². The van der Waals surface area contributed by atoms with E-state index in [4.69, 9.17) is 0 Å². The maximum atomic E-state index is 13.0. The number of piperidine rings is 1. The Labute approximate surface area is 173 Å². The van der Waals surface area contributed by atoms with Crippen molar-refractivity contribution in [2.45, 2.75) is 50.8 Å². The second-order valence-electron chi connectivity index (χ2n) is 8.25. The van der Waals surface area contributed by atoms with E-state index in [1.165, 1.54) is 15.4 Å². The van der Waals surface area contributed by atoms with Crippen LogP contribution in [0.2, 0.25) is 0 Å². The Balaban J connectivity index is 1.39. The first-order valence-electron chi connectivity index (χ1n) is 10.3. The van der Waals surface area contributed by atoms with Gasteiger partial charge in [0, 0.05) is 24.7 Å². The monoisotopic (exact) mass is 412 g/mol. The summed E-state index contributed by atoms with van der Waals surface area (Å²) in [6.07, 6.45) is 4.18. The van der Waals surface area contributed by atoms with Crippen molar-refractivity contribution in [1.29, 1.82) is 0 Å². The van der Waals surface area contributed by atoms with Gasteiger partial charge in [-0.15, -0.1) is 0 Å². The number of nitrogens with zero attached hydrogens (tertiary/aromatic N) is 1. The number of benzene rings is 2. The molecule has 1 amide bonds.